The monoisotopic (exact) mass is 416 g/mol. The minimum atomic E-state index is 0. The third-order valence-electron chi connectivity index (χ3n) is 4.09. The molecule has 1 aliphatic carbocycles. The van der Waals surface area contributed by atoms with E-state index in [1.165, 1.54) is 43.4 Å². The first-order valence-electron chi connectivity index (χ1n) is 7.98. The van der Waals surface area contributed by atoms with Crippen molar-refractivity contribution in [2.45, 2.75) is 44.6 Å². The van der Waals surface area contributed by atoms with Crippen LogP contribution in [0.4, 0.5) is 5.69 Å². The van der Waals surface area contributed by atoms with E-state index in [1.54, 1.807) is 0 Å². The Labute approximate surface area is 151 Å². The molecule has 0 atom stereocenters. The van der Waals surface area contributed by atoms with Crippen molar-refractivity contribution in [3.8, 4) is 0 Å². The highest BCUT2D eigenvalue weighted by Gasteiger charge is 2.13. The number of halogens is 1. The summed E-state index contributed by atoms with van der Waals surface area (Å²) in [7, 11) is 4.11. The summed E-state index contributed by atoms with van der Waals surface area (Å²) in [5, 5.41) is 3.35. The highest BCUT2D eigenvalue weighted by atomic mass is 127. The van der Waals surface area contributed by atoms with Crippen LogP contribution < -0.4 is 16.0 Å². The quantitative estimate of drug-likeness (QED) is 0.441. The first-order valence-corrected chi connectivity index (χ1v) is 7.98. The predicted octanol–water partition coefficient (Wildman–Crippen LogP) is 3.15. The fourth-order valence-electron chi connectivity index (χ4n) is 2.77. The molecule has 3 N–H and O–H groups in total. The van der Waals surface area contributed by atoms with Gasteiger partial charge in [0.25, 0.3) is 0 Å². The lowest BCUT2D eigenvalue weighted by atomic mass is 9.96. The molecule has 1 aromatic carbocycles. The van der Waals surface area contributed by atoms with Crippen molar-refractivity contribution in [2.75, 3.05) is 25.5 Å². The molecule has 0 unspecified atom stereocenters. The summed E-state index contributed by atoms with van der Waals surface area (Å²) in [4.78, 5) is 6.55. The van der Waals surface area contributed by atoms with Crippen LogP contribution in [0.2, 0.25) is 0 Å². The Morgan fingerprint density at radius 3 is 2.41 bits per heavy atom. The Morgan fingerprint density at radius 1 is 1.18 bits per heavy atom. The van der Waals surface area contributed by atoms with Gasteiger partial charge in [0, 0.05) is 32.4 Å². The van der Waals surface area contributed by atoms with E-state index >= 15 is 0 Å². The number of nitrogens with zero attached hydrogens (tertiary/aromatic N) is 2. The van der Waals surface area contributed by atoms with E-state index in [-0.39, 0.29) is 24.0 Å². The lowest BCUT2D eigenvalue weighted by Gasteiger charge is -2.23. The van der Waals surface area contributed by atoms with Crippen LogP contribution in [-0.4, -0.2) is 32.6 Å². The van der Waals surface area contributed by atoms with E-state index in [2.05, 4.69) is 53.6 Å². The van der Waals surface area contributed by atoms with Gasteiger partial charge in [-0.25, -0.2) is 0 Å². The van der Waals surface area contributed by atoms with E-state index in [1.807, 2.05) is 0 Å². The first-order chi connectivity index (χ1) is 10.1. The van der Waals surface area contributed by atoms with Gasteiger partial charge in [-0.05, 0) is 37.0 Å². The highest BCUT2D eigenvalue weighted by molar-refractivity contribution is 14.0. The van der Waals surface area contributed by atoms with Gasteiger partial charge in [-0.3, -0.25) is 4.99 Å². The zero-order valence-corrected chi connectivity index (χ0v) is 16.0. The second kappa shape index (κ2) is 9.92. The summed E-state index contributed by atoms with van der Waals surface area (Å²) in [5.41, 5.74) is 8.49. The largest absolute Gasteiger partial charge is 0.378 e. The maximum absolute atomic E-state index is 5.96. The van der Waals surface area contributed by atoms with Crippen LogP contribution >= 0.6 is 24.0 Å². The van der Waals surface area contributed by atoms with Crippen LogP contribution in [0.1, 0.15) is 37.7 Å². The Balaban J connectivity index is 0.00000242. The molecule has 0 radical (unpaired) electrons. The van der Waals surface area contributed by atoms with Crippen molar-refractivity contribution in [1.29, 1.82) is 0 Å². The van der Waals surface area contributed by atoms with E-state index in [0.717, 1.165) is 13.0 Å². The van der Waals surface area contributed by atoms with Crippen LogP contribution in [0.3, 0.4) is 0 Å². The second-order valence-corrected chi connectivity index (χ2v) is 6.06. The molecule has 124 valence electrons. The summed E-state index contributed by atoms with van der Waals surface area (Å²) in [6, 6.07) is 9.14. The molecule has 1 aromatic rings. The minimum Gasteiger partial charge on any atom is -0.378 e. The second-order valence-electron chi connectivity index (χ2n) is 6.06. The summed E-state index contributed by atoms with van der Waals surface area (Å²) < 4.78 is 0. The fourth-order valence-corrected chi connectivity index (χ4v) is 2.77. The maximum Gasteiger partial charge on any atom is 0.188 e. The van der Waals surface area contributed by atoms with Gasteiger partial charge in [-0.1, -0.05) is 31.4 Å². The van der Waals surface area contributed by atoms with Crippen molar-refractivity contribution in [3.05, 3.63) is 29.8 Å². The van der Waals surface area contributed by atoms with Gasteiger partial charge in [0.1, 0.15) is 0 Å². The SMILES string of the molecule is CN(C)c1ccc(CCN=C(N)NC2CCCCC2)cc1.I. The highest BCUT2D eigenvalue weighted by Crippen LogP contribution is 2.17. The summed E-state index contributed by atoms with van der Waals surface area (Å²) in [5.74, 6) is 0.604. The number of hydrogen-bond donors (Lipinski definition) is 2. The molecule has 0 spiro atoms. The zero-order valence-electron chi connectivity index (χ0n) is 13.7. The first kappa shape index (κ1) is 19.1. The Morgan fingerprint density at radius 2 is 1.82 bits per heavy atom. The van der Waals surface area contributed by atoms with Crippen LogP contribution in [-0.2, 0) is 6.42 Å². The van der Waals surface area contributed by atoms with Gasteiger partial charge in [-0.2, -0.15) is 0 Å². The predicted molar refractivity (Wildman–Crippen MR) is 106 cm³/mol. The lowest BCUT2D eigenvalue weighted by Crippen LogP contribution is -2.41. The molecule has 0 bridgehead atoms. The molecule has 0 aromatic heterocycles. The number of guanidine groups is 1. The van der Waals surface area contributed by atoms with Gasteiger partial charge < -0.3 is 16.0 Å². The molecular formula is C17H29IN4. The number of aliphatic imine (C=N–C) groups is 1. The number of hydrogen-bond acceptors (Lipinski definition) is 2. The van der Waals surface area contributed by atoms with Gasteiger partial charge in [-0.15, -0.1) is 24.0 Å². The molecular weight excluding hydrogens is 387 g/mol. The normalized spacial score (nSPS) is 16.0. The van der Waals surface area contributed by atoms with Crippen molar-refractivity contribution >= 4 is 35.6 Å². The molecule has 4 nitrogen and oxygen atoms in total. The molecule has 1 fully saturated rings. The van der Waals surface area contributed by atoms with Crippen molar-refractivity contribution in [2.24, 2.45) is 10.7 Å². The zero-order chi connectivity index (χ0) is 15.1. The van der Waals surface area contributed by atoms with E-state index in [9.17, 15) is 0 Å². The van der Waals surface area contributed by atoms with Crippen LogP contribution in [0, 0.1) is 0 Å². The Kier molecular flexibility index (Phi) is 8.60. The summed E-state index contributed by atoms with van der Waals surface area (Å²) in [6.07, 6.45) is 7.36. The average molecular weight is 416 g/mol. The van der Waals surface area contributed by atoms with Crippen LogP contribution in [0.15, 0.2) is 29.3 Å². The average Bonchev–Trinajstić information content (AvgIpc) is 2.49. The molecule has 0 amide bonds. The van der Waals surface area contributed by atoms with Gasteiger partial charge >= 0.3 is 0 Å². The fraction of sp³-hybridized carbons (Fsp3) is 0.588. The Bertz CT molecular complexity index is 450. The standard InChI is InChI=1S/C17H28N4.HI/c1-21(2)16-10-8-14(9-11-16)12-13-19-17(18)20-15-6-4-3-5-7-15;/h8-11,15H,3-7,12-13H2,1-2H3,(H3,18,19,20);1H. The maximum atomic E-state index is 5.96. The lowest BCUT2D eigenvalue weighted by molar-refractivity contribution is 0.412. The van der Waals surface area contributed by atoms with Gasteiger partial charge in [0.05, 0.1) is 0 Å². The number of rotatable bonds is 5. The summed E-state index contributed by atoms with van der Waals surface area (Å²) in [6.45, 7) is 0.743. The van der Waals surface area contributed by atoms with Crippen LogP contribution in [0.5, 0.6) is 0 Å². The number of nitrogens with two attached hydrogens (primary N) is 1. The van der Waals surface area contributed by atoms with Crippen molar-refractivity contribution in [1.82, 2.24) is 5.32 Å². The summed E-state index contributed by atoms with van der Waals surface area (Å²) >= 11 is 0. The molecule has 0 saturated heterocycles. The smallest absolute Gasteiger partial charge is 0.188 e. The molecule has 1 saturated carbocycles. The molecule has 1 aliphatic rings. The van der Waals surface area contributed by atoms with Crippen molar-refractivity contribution < 1.29 is 0 Å². The molecule has 5 heteroatoms. The van der Waals surface area contributed by atoms with Gasteiger partial charge in [0.15, 0.2) is 5.96 Å². The minimum absolute atomic E-state index is 0. The number of benzene rings is 1. The molecule has 0 aliphatic heterocycles. The van der Waals surface area contributed by atoms with Crippen molar-refractivity contribution in [3.63, 3.8) is 0 Å². The third kappa shape index (κ3) is 6.42. The molecule has 0 heterocycles. The van der Waals surface area contributed by atoms with E-state index in [4.69, 9.17) is 5.73 Å². The third-order valence-corrected chi connectivity index (χ3v) is 4.09. The molecule has 2 rings (SSSR count). The topological polar surface area (TPSA) is 53.6 Å². The Hall–Kier alpha value is -0.980. The molecule has 22 heavy (non-hydrogen) atoms. The van der Waals surface area contributed by atoms with Crippen LogP contribution in [0.25, 0.3) is 0 Å². The number of anilines is 1. The van der Waals surface area contributed by atoms with E-state index in [0.29, 0.717) is 12.0 Å². The number of nitrogens with one attached hydrogen (secondary N) is 1. The van der Waals surface area contributed by atoms with E-state index < -0.39 is 0 Å². The van der Waals surface area contributed by atoms with Gasteiger partial charge in [0.2, 0.25) is 0 Å².